The summed E-state index contributed by atoms with van der Waals surface area (Å²) in [6, 6.07) is 21.5. The number of thiazole rings is 1. The Hall–Kier alpha value is -4.63. The second kappa shape index (κ2) is 9.68. The van der Waals surface area contributed by atoms with Gasteiger partial charge >= 0.3 is 0 Å². The highest BCUT2D eigenvalue weighted by Crippen LogP contribution is 2.33. The van der Waals surface area contributed by atoms with Crippen molar-refractivity contribution in [3.8, 4) is 17.2 Å². The molecule has 0 radical (unpaired) electrons. The third-order valence-corrected chi connectivity index (χ3v) is 7.41. The zero-order chi connectivity index (χ0) is 26.2. The van der Waals surface area contributed by atoms with Crippen molar-refractivity contribution in [3.05, 3.63) is 115 Å². The summed E-state index contributed by atoms with van der Waals surface area (Å²) in [5, 5.41) is 2.96. The van der Waals surface area contributed by atoms with Crippen LogP contribution in [0.25, 0.3) is 6.08 Å². The number of carbonyl (C=O) groups is 1. The molecule has 1 N–H and O–H groups in total. The summed E-state index contributed by atoms with van der Waals surface area (Å²) >= 11 is 1.28. The number of benzene rings is 3. The SMILES string of the molecule is COc1ccc([C@H]2C(C(=O)Nc3ccccc3)=C(C)N=c3s/c(=C/c4ccc5c(c4)OCO5)c(=O)n32)cc1. The zero-order valence-electron chi connectivity index (χ0n) is 20.6. The molecule has 1 atom stereocenters. The van der Waals surface area contributed by atoms with Crippen LogP contribution in [0.15, 0.2) is 93.9 Å². The lowest BCUT2D eigenvalue weighted by molar-refractivity contribution is -0.113. The van der Waals surface area contributed by atoms with Crippen molar-refractivity contribution in [1.82, 2.24) is 4.57 Å². The van der Waals surface area contributed by atoms with Crippen molar-refractivity contribution >= 4 is 29.0 Å². The van der Waals surface area contributed by atoms with Gasteiger partial charge in [0.2, 0.25) is 6.79 Å². The molecule has 9 heteroatoms. The van der Waals surface area contributed by atoms with Crippen molar-refractivity contribution in [2.24, 2.45) is 4.99 Å². The predicted molar refractivity (Wildman–Crippen MR) is 144 cm³/mol. The van der Waals surface area contributed by atoms with E-state index in [1.807, 2.05) is 72.8 Å². The van der Waals surface area contributed by atoms with Crippen molar-refractivity contribution < 1.29 is 19.0 Å². The van der Waals surface area contributed by atoms with Gasteiger partial charge in [0.05, 0.1) is 29.0 Å². The number of aromatic nitrogens is 1. The lowest BCUT2D eigenvalue weighted by Crippen LogP contribution is -2.40. The molecule has 3 heterocycles. The lowest BCUT2D eigenvalue weighted by Gasteiger charge is -2.25. The summed E-state index contributed by atoms with van der Waals surface area (Å²) in [7, 11) is 1.59. The molecule has 2 aliphatic heterocycles. The topological polar surface area (TPSA) is 91.2 Å². The number of amides is 1. The number of nitrogens with zero attached hydrogens (tertiary/aromatic N) is 2. The minimum Gasteiger partial charge on any atom is -0.497 e. The Bertz CT molecular complexity index is 1750. The van der Waals surface area contributed by atoms with E-state index in [1.54, 1.807) is 24.7 Å². The maximum absolute atomic E-state index is 13.8. The van der Waals surface area contributed by atoms with Crippen molar-refractivity contribution in [3.63, 3.8) is 0 Å². The van der Waals surface area contributed by atoms with Crippen LogP contribution >= 0.6 is 11.3 Å². The Morgan fingerprint density at radius 2 is 1.84 bits per heavy atom. The Labute approximate surface area is 221 Å². The molecule has 1 amide bonds. The molecule has 0 spiro atoms. The molecular formula is C29H23N3O5S. The summed E-state index contributed by atoms with van der Waals surface area (Å²) in [5.74, 6) is 1.68. The minimum absolute atomic E-state index is 0.177. The van der Waals surface area contributed by atoms with Crippen molar-refractivity contribution in [2.75, 3.05) is 19.2 Å². The van der Waals surface area contributed by atoms with Gasteiger partial charge in [0, 0.05) is 5.69 Å². The number of para-hydroxylation sites is 1. The van der Waals surface area contributed by atoms with E-state index < -0.39 is 6.04 Å². The van der Waals surface area contributed by atoms with Gasteiger partial charge in [0.1, 0.15) is 5.75 Å². The monoisotopic (exact) mass is 525 g/mol. The molecule has 0 bridgehead atoms. The fraction of sp³-hybridized carbons (Fsp3) is 0.138. The molecule has 38 heavy (non-hydrogen) atoms. The number of ether oxygens (including phenoxy) is 3. The second-order valence-electron chi connectivity index (χ2n) is 8.79. The number of allylic oxidation sites excluding steroid dienone is 1. The molecule has 0 saturated carbocycles. The first kappa shape index (κ1) is 23.7. The standard InChI is InChI=1S/C29H23N3O5S/c1-17-25(27(33)31-20-6-4-3-5-7-20)26(19-9-11-21(35-2)12-10-19)32-28(34)24(38-29(32)30-17)15-18-8-13-22-23(14-18)37-16-36-22/h3-15,26H,16H2,1-2H3,(H,31,33)/b24-15+/t26-/m0/s1. The Balaban J connectivity index is 1.49. The van der Waals surface area contributed by atoms with Crippen LogP contribution in [-0.4, -0.2) is 24.4 Å². The van der Waals surface area contributed by atoms with Gasteiger partial charge in [-0.3, -0.25) is 14.2 Å². The van der Waals surface area contributed by atoms with Gasteiger partial charge in [-0.15, -0.1) is 0 Å². The summed E-state index contributed by atoms with van der Waals surface area (Å²) in [4.78, 5) is 32.7. The molecule has 4 aromatic rings. The first-order chi connectivity index (χ1) is 18.5. The van der Waals surface area contributed by atoms with Crippen LogP contribution in [-0.2, 0) is 4.79 Å². The number of hydrogen-bond acceptors (Lipinski definition) is 7. The Kier molecular flexibility index (Phi) is 6.05. The number of methoxy groups -OCH3 is 1. The number of anilines is 1. The lowest BCUT2D eigenvalue weighted by atomic mass is 9.95. The maximum atomic E-state index is 13.8. The summed E-state index contributed by atoms with van der Waals surface area (Å²) < 4.78 is 18.3. The smallest absolute Gasteiger partial charge is 0.271 e. The van der Waals surface area contributed by atoms with E-state index in [0.717, 1.165) is 11.1 Å². The van der Waals surface area contributed by atoms with Gasteiger partial charge in [-0.25, -0.2) is 4.99 Å². The normalized spacial score (nSPS) is 16.2. The van der Waals surface area contributed by atoms with E-state index in [4.69, 9.17) is 19.2 Å². The molecule has 0 fully saturated rings. The van der Waals surface area contributed by atoms with Crippen LogP contribution in [0.3, 0.4) is 0 Å². The molecule has 6 rings (SSSR count). The average molecular weight is 526 g/mol. The highest BCUT2D eigenvalue weighted by atomic mass is 32.1. The first-order valence-electron chi connectivity index (χ1n) is 11.9. The Morgan fingerprint density at radius 1 is 1.08 bits per heavy atom. The summed E-state index contributed by atoms with van der Waals surface area (Å²) in [6.07, 6.45) is 1.81. The van der Waals surface area contributed by atoms with E-state index in [-0.39, 0.29) is 18.3 Å². The molecule has 1 aromatic heterocycles. The molecule has 0 unspecified atom stereocenters. The number of nitrogens with one attached hydrogen (secondary N) is 1. The van der Waals surface area contributed by atoms with Crippen LogP contribution in [0.5, 0.6) is 17.2 Å². The number of carbonyl (C=O) groups excluding carboxylic acids is 1. The zero-order valence-corrected chi connectivity index (χ0v) is 21.5. The van der Waals surface area contributed by atoms with E-state index in [0.29, 0.717) is 43.5 Å². The molecule has 3 aromatic carbocycles. The van der Waals surface area contributed by atoms with Crippen LogP contribution in [0.4, 0.5) is 5.69 Å². The fourth-order valence-corrected chi connectivity index (χ4v) is 5.63. The second-order valence-corrected chi connectivity index (χ2v) is 9.80. The fourth-order valence-electron chi connectivity index (χ4n) is 4.59. The Morgan fingerprint density at radius 3 is 2.61 bits per heavy atom. The highest BCUT2D eigenvalue weighted by molar-refractivity contribution is 7.07. The molecular weight excluding hydrogens is 502 g/mol. The van der Waals surface area contributed by atoms with Crippen molar-refractivity contribution in [2.45, 2.75) is 13.0 Å². The molecule has 8 nitrogen and oxygen atoms in total. The summed E-state index contributed by atoms with van der Waals surface area (Å²) in [5.41, 5.74) is 2.96. The highest BCUT2D eigenvalue weighted by Gasteiger charge is 2.32. The van der Waals surface area contributed by atoms with Crippen LogP contribution in [0, 0.1) is 0 Å². The van der Waals surface area contributed by atoms with Crippen molar-refractivity contribution in [1.29, 1.82) is 0 Å². The largest absolute Gasteiger partial charge is 0.497 e. The van der Waals surface area contributed by atoms with E-state index >= 15 is 0 Å². The number of fused-ring (bicyclic) bond motifs is 2. The van der Waals surface area contributed by atoms with E-state index in [2.05, 4.69) is 5.32 Å². The minimum atomic E-state index is -0.667. The third kappa shape index (κ3) is 4.26. The van der Waals surface area contributed by atoms with Crippen LogP contribution < -0.4 is 34.4 Å². The number of hydrogen-bond donors (Lipinski definition) is 1. The maximum Gasteiger partial charge on any atom is 0.271 e. The van der Waals surface area contributed by atoms with Gasteiger partial charge in [0.25, 0.3) is 11.5 Å². The average Bonchev–Trinajstić information content (AvgIpc) is 3.52. The molecule has 0 aliphatic carbocycles. The van der Waals surface area contributed by atoms with Gasteiger partial charge in [0.15, 0.2) is 16.3 Å². The van der Waals surface area contributed by atoms with Gasteiger partial charge < -0.3 is 19.5 Å². The molecule has 0 saturated heterocycles. The van der Waals surface area contributed by atoms with Crippen LogP contribution in [0.2, 0.25) is 0 Å². The van der Waals surface area contributed by atoms with Crippen LogP contribution in [0.1, 0.15) is 24.1 Å². The predicted octanol–water partition coefficient (Wildman–Crippen LogP) is 3.61. The van der Waals surface area contributed by atoms with Gasteiger partial charge in [-0.2, -0.15) is 0 Å². The van der Waals surface area contributed by atoms with Gasteiger partial charge in [-0.05, 0) is 60.5 Å². The summed E-state index contributed by atoms with van der Waals surface area (Å²) in [6.45, 7) is 1.97. The van der Waals surface area contributed by atoms with E-state index in [9.17, 15) is 9.59 Å². The third-order valence-electron chi connectivity index (χ3n) is 6.42. The number of rotatable bonds is 5. The van der Waals surface area contributed by atoms with Gasteiger partial charge in [-0.1, -0.05) is 47.7 Å². The quantitative estimate of drug-likeness (QED) is 0.430. The van der Waals surface area contributed by atoms with E-state index in [1.165, 1.54) is 11.3 Å². The molecule has 2 aliphatic rings. The molecule has 190 valence electrons. The first-order valence-corrected chi connectivity index (χ1v) is 12.8.